The summed E-state index contributed by atoms with van der Waals surface area (Å²) in [7, 11) is -3.09. The van der Waals surface area contributed by atoms with Crippen LogP contribution in [0.25, 0.3) is 0 Å². The van der Waals surface area contributed by atoms with Crippen molar-refractivity contribution in [2.75, 3.05) is 19.5 Å². The quantitative estimate of drug-likeness (QED) is 0.515. The number of rotatable bonds is 7. The Morgan fingerprint density at radius 1 is 1.00 bits per heavy atom. The van der Waals surface area contributed by atoms with Crippen molar-refractivity contribution >= 4 is 31.7 Å². The first kappa shape index (κ1) is 18.5. The maximum atomic E-state index is 11.9. The van der Waals surface area contributed by atoms with E-state index in [0.29, 0.717) is 16.9 Å². The van der Waals surface area contributed by atoms with Gasteiger partial charge >= 0.3 is 5.97 Å². The van der Waals surface area contributed by atoms with Crippen LogP contribution in [0.5, 0.6) is 5.75 Å². The Hall–Kier alpha value is -1.86. The van der Waals surface area contributed by atoms with Gasteiger partial charge in [0, 0.05) is 10.7 Å². The number of ether oxygens (including phenoxy) is 2. The van der Waals surface area contributed by atoms with E-state index >= 15 is 0 Å². The SMILES string of the molecule is CS(=O)(=O)Cc1ccc(C(=O)OCCOc2ccc(Br)cc2)cc1. The van der Waals surface area contributed by atoms with Crippen LogP contribution in [0.4, 0.5) is 0 Å². The van der Waals surface area contributed by atoms with Crippen LogP contribution in [0.1, 0.15) is 15.9 Å². The van der Waals surface area contributed by atoms with Crippen molar-refractivity contribution in [3.8, 4) is 5.75 Å². The molecule has 0 saturated carbocycles. The highest BCUT2D eigenvalue weighted by atomic mass is 79.9. The topological polar surface area (TPSA) is 69.7 Å². The van der Waals surface area contributed by atoms with Gasteiger partial charge in [-0.3, -0.25) is 0 Å². The highest BCUT2D eigenvalue weighted by Crippen LogP contribution is 2.16. The zero-order chi connectivity index (χ0) is 17.6. The summed E-state index contributed by atoms with van der Waals surface area (Å²) in [4.78, 5) is 11.9. The van der Waals surface area contributed by atoms with E-state index in [1.807, 2.05) is 24.3 Å². The van der Waals surface area contributed by atoms with Gasteiger partial charge in [-0.2, -0.15) is 0 Å². The molecule has 5 nitrogen and oxygen atoms in total. The van der Waals surface area contributed by atoms with E-state index in [4.69, 9.17) is 9.47 Å². The molecule has 0 radical (unpaired) electrons. The van der Waals surface area contributed by atoms with Crippen LogP contribution in [0.2, 0.25) is 0 Å². The summed E-state index contributed by atoms with van der Waals surface area (Å²) in [6, 6.07) is 13.7. The molecule has 0 N–H and O–H groups in total. The number of benzene rings is 2. The molecule has 0 unspecified atom stereocenters. The standard InChI is InChI=1S/C17H17BrO5S/c1-24(20,21)12-13-2-4-14(5-3-13)17(19)23-11-10-22-16-8-6-15(18)7-9-16/h2-9H,10-12H2,1H3. The monoisotopic (exact) mass is 412 g/mol. The number of hydrogen-bond acceptors (Lipinski definition) is 5. The lowest BCUT2D eigenvalue weighted by molar-refractivity contribution is 0.0450. The summed E-state index contributed by atoms with van der Waals surface area (Å²) >= 11 is 3.33. The molecule has 0 aliphatic carbocycles. The van der Waals surface area contributed by atoms with E-state index in [2.05, 4.69) is 15.9 Å². The summed E-state index contributed by atoms with van der Waals surface area (Å²) < 4.78 is 34.0. The number of carbonyl (C=O) groups excluding carboxylic acids is 1. The van der Waals surface area contributed by atoms with Crippen molar-refractivity contribution < 1.29 is 22.7 Å². The van der Waals surface area contributed by atoms with Gasteiger partial charge < -0.3 is 9.47 Å². The van der Waals surface area contributed by atoms with Crippen LogP contribution in [0.15, 0.2) is 53.0 Å². The van der Waals surface area contributed by atoms with Crippen molar-refractivity contribution in [3.05, 3.63) is 64.1 Å². The van der Waals surface area contributed by atoms with E-state index in [0.717, 1.165) is 4.47 Å². The average molecular weight is 413 g/mol. The Kier molecular flexibility index (Phi) is 6.39. The van der Waals surface area contributed by atoms with Gasteiger partial charge in [0.05, 0.1) is 11.3 Å². The van der Waals surface area contributed by atoms with E-state index in [-0.39, 0.29) is 19.0 Å². The smallest absolute Gasteiger partial charge is 0.338 e. The molecule has 0 aliphatic heterocycles. The van der Waals surface area contributed by atoms with Gasteiger partial charge in [-0.1, -0.05) is 28.1 Å². The molecule has 0 heterocycles. The van der Waals surface area contributed by atoms with Crippen LogP contribution in [0, 0.1) is 0 Å². The molecule has 0 saturated heterocycles. The summed E-state index contributed by atoms with van der Waals surface area (Å²) in [6.45, 7) is 0.375. The zero-order valence-corrected chi connectivity index (χ0v) is 15.5. The average Bonchev–Trinajstić information content (AvgIpc) is 2.52. The number of carbonyl (C=O) groups is 1. The fraction of sp³-hybridized carbons (Fsp3) is 0.235. The molecule has 0 aromatic heterocycles. The first-order chi connectivity index (χ1) is 11.3. The molecule has 0 aliphatic rings. The van der Waals surface area contributed by atoms with Crippen LogP contribution in [-0.4, -0.2) is 33.9 Å². The van der Waals surface area contributed by atoms with E-state index in [1.165, 1.54) is 6.26 Å². The Labute approximate surface area is 149 Å². The lowest BCUT2D eigenvalue weighted by Crippen LogP contribution is -2.12. The molecule has 0 atom stereocenters. The van der Waals surface area contributed by atoms with Crippen molar-refractivity contribution in [2.24, 2.45) is 0 Å². The molecular weight excluding hydrogens is 396 g/mol. The van der Waals surface area contributed by atoms with Crippen LogP contribution in [0.3, 0.4) is 0 Å². The number of halogens is 1. The van der Waals surface area contributed by atoms with Gasteiger partial charge in [-0.05, 0) is 42.0 Å². The molecular formula is C17H17BrO5S. The third-order valence-electron chi connectivity index (χ3n) is 3.02. The molecule has 0 bridgehead atoms. The second kappa shape index (κ2) is 8.30. The summed E-state index contributed by atoms with van der Waals surface area (Å²) in [5.41, 5.74) is 1.00. The predicted octanol–water partition coefficient (Wildman–Crippen LogP) is 3.23. The van der Waals surface area contributed by atoms with Crippen LogP contribution < -0.4 is 4.74 Å². The third-order valence-corrected chi connectivity index (χ3v) is 4.40. The molecule has 2 aromatic rings. The molecule has 2 rings (SSSR count). The van der Waals surface area contributed by atoms with Gasteiger partial charge in [-0.25, -0.2) is 13.2 Å². The lowest BCUT2D eigenvalue weighted by atomic mass is 10.1. The number of esters is 1. The molecule has 0 fully saturated rings. The summed E-state index contributed by atoms with van der Waals surface area (Å²) in [5.74, 6) is 0.170. The second-order valence-electron chi connectivity index (χ2n) is 5.21. The minimum atomic E-state index is -3.09. The number of sulfone groups is 1. The fourth-order valence-corrected chi connectivity index (χ4v) is 3.01. The van der Waals surface area contributed by atoms with Gasteiger partial charge in [-0.15, -0.1) is 0 Å². The third kappa shape index (κ3) is 6.33. The molecule has 128 valence electrons. The first-order valence-electron chi connectivity index (χ1n) is 7.16. The first-order valence-corrected chi connectivity index (χ1v) is 10.0. The molecule has 0 spiro atoms. The number of hydrogen-bond donors (Lipinski definition) is 0. The van der Waals surface area contributed by atoms with E-state index in [9.17, 15) is 13.2 Å². The van der Waals surface area contributed by atoms with Crippen molar-refractivity contribution in [3.63, 3.8) is 0 Å². The molecule has 2 aromatic carbocycles. The Balaban J connectivity index is 1.79. The minimum absolute atomic E-state index is 0.0522. The Bertz CT molecular complexity index is 783. The van der Waals surface area contributed by atoms with Crippen molar-refractivity contribution in [1.29, 1.82) is 0 Å². The molecule has 0 amide bonds. The normalized spacial score (nSPS) is 11.1. The summed E-state index contributed by atoms with van der Waals surface area (Å²) in [5, 5.41) is 0. The maximum Gasteiger partial charge on any atom is 0.338 e. The van der Waals surface area contributed by atoms with Gasteiger partial charge in [0.15, 0.2) is 9.84 Å². The fourth-order valence-electron chi connectivity index (χ4n) is 1.95. The van der Waals surface area contributed by atoms with Gasteiger partial charge in [0.1, 0.15) is 19.0 Å². The van der Waals surface area contributed by atoms with Crippen molar-refractivity contribution in [1.82, 2.24) is 0 Å². The zero-order valence-electron chi connectivity index (χ0n) is 13.1. The van der Waals surface area contributed by atoms with Crippen LogP contribution in [-0.2, 0) is 20.3 Å². The van der Waals surface area contributed by atoms with Crippen molar-refractivity contribution in [2.45, 2.75) is 5.75 Å². The highest BCUT2D eigenvalue weighted by Gasteiger charge is 2.09. The van der Waals surface area contributed by atoms with E-state index in [1.54, 1.807) is 24.3 Å². The Morgan fingerprint density at radius 2 is 1.62 bits per heavy atom. The van der Waals surface area contributed by atoms with Crippen LogP contribution >= 0.6 is 15.9 Å². The molecule has 24 heavy (non-hydrogen) atoms. The lowest BCUT2D eigenvalue weighted by Gasteiger charge is -2.08. The highest BCUT2D eigenvalue weighted by molar-refractivity contribution is 9.10. The molecule has 7 heteroatoms. The minimum Gasteiger partial charge on any atom is -0.490 e. The van der Waals surface area contributed by atoms with Gasteiger partial charge in [0.25, 0.3) is 0 Å². The maximum absolute atomic E-state index is 11.9. The second-order valence-corrected chi connectivity index (χ2v) is 8.26. The predicted molar refractivity (Wildman–Crippen MR) is 94.9 cm³/mol. The van der Waals surface area contributed by atoms with E-state index < -0.39 is 15.8 Å². The summed E-state index contributed by atoms with van der Waals surface area (Å²) in [6.07, 6.45) is 1.17. The van der Waals surface area contributed by atoms with Gasteiger partial charge in [0.2, 0.25) is 0 Å². The Morgan fingerprint density at radius 3 is 2.21 bits per heavy atom. The largest absolute Gasteiger partial charge is 0.490 e.